The number of aromatic nitrogens is 4. The molecule has 1 fully saturated rings. The van der Waals surface area contributed by atoms with Crippen LogP contribution in [0.25, 0.3) is 38.8 Å². The van der Waals surface area contributed by atoms with Gasteiger partial charge in [0.1, 0.15) is 34.2 Å². The Morgan fingerprint density at radius 1 is 0.878 bits per heavy atom. The molecule has 1 saturated carbocycles. The molecule has 11 nitrogen and oxygen atoms in total. The number of imide groups is 1. The monoisotopic (exact) mass is 687 g/mol. The minimum absolute atomic E-state index is 0.0651. The second kappa shape index (κ2) is 12.4. The molecule has 0 atom stereocenters. The Labute approximate surface area is 287 Å². The molecule has 49 heavy (non-hydrogen) atoms. The van der Waals surface area contributed by atoms with E-state index in [2.05, 4.69) is 9.97 Å². The van der Waals surface area contributed by atoms with Crippen LogP contribution in [0.4, 0.5) is 19.8 Å². The highest BCUT2D eigenvalue weighted by Gasteiger charge is 2.35. The number of hydrogen-bond donors (Lipinski definition) is 0. The first-order chi connectivity index (χ1) is 23.1. The smallest absolute Gasteiger partial charge is 0.425 e. The van der Waals surface area contributed by atoms with Crippen LogP contribution in [0.1, 0.15) is 76.5 Å². The van der Waals surface area contributed by atoms with Gasteiger partial charge in [0, 0.05) is 18.3 Å². The third kappa shape index (κ3) is 6.78. The highest BCUT2D eigenvalue weighted by molar-refractivity contribution is 6.35. The van der Waals surface area contributed by atoms with Crippen LogP contribution < -0.4 is 4.90 Å². The second-order valence-electron chi connectivity index (χ2n) is 13.7. The maximum absolute atomic E-state index is 15.5. The molecule has 254 valence electrons. The van der Waals surface area contributed by atoms with E-state index >= 15 is 4.39 Å². The van der Waals surface area contributed by atoms with Gasteiger partial charge in [0.25, 0.3) is 0 Å². The number of hydrogen-bond acceptors (Lipinski definition) is 9. The highest BCUT2D eigenvalue weighted by atomic mass is 35.5. The van der Waals surface area contributed by atoms with Gasteiger partial charge in [-0.3, -0.25) is 9.55 Å². The normalized spacial score (nSPS) is 13.4. The zero-order valence-corrected chi connectivity index (χ0v) is 28.9. The minimum Gasteiger partial charge on any atom is -0.465 e. The van der Waals surface area contributed by atoms with E-state index in [4.69, 9.17) is 30.8 Å². The Hall–Kier alpha value is -5.10. The lowest BCUT2D eigenvalue weighted by Crippen LogP contribution is -2.44. The maximum Gasteiger partial charge on any atom is 0.425 e. The number of imidazole rings is 1. The first-order valence-corrected chi connectivity index (χ1v) is 16.0. The Balaban J connectivity index is 1.58. The topological polar surface area (TPSA) is 126 Å². The third-order valence-electron chi connectivity index (χ3n) is 7.60. The lowest BCUT2D eigenvalue weighted by Gasteiger charge is -2.28. The Kier molecular flexibility index (Phi) is 8.56. The predicted octanol–water partition coefficient (Wildman–Crippen LogP) is 8.77. The number of ether oxygens (including phenoxy) is 3. The molecular formula is C36H35ClFN5O6. The van der Waals surface area contributed by atoms with E-state index in [9.17, 15) is 14.4 Å². The zero-order chi connectivity index (χ0) is 35.4. The number of anilines is 1. The van der Waals surface area contributed by atoms with Gasteiger partial charge < -0.3 is 14.2 Å². The molecule has 0 radical (unpaired) electrons. The number of nitrogens with zero attached hydrogens (tertiary/aromatic N) is 5. The molecule has 0 aliphatic heterocycles. The van der Waals surface area contributed by atoms with Crippen molar-refractivity contribution >= 4 is 57.5 Å². The number of pyridine rings is 2. The van der Waals surface area contributed by atoms with Gasteiger partial charge >= 0.3 is 18.2 Å². The SMILES string of the molecule is COC(=O)c1cc(-c2ccnc(N(C(=O)OC(C)(C)C)C(=O)OC(C)(C)C)c2)cc2c1nc(C1CC1)n2-c1ccnc2c(Cl)ccc(F)c12. The van der Waals surface area contributed by atoms with Crippen molar-refractivity contribution in [3.63, 3.8) is 0 Å². The van der Waals surface area contributed by atoms with E-state index in [1.54, 1.807) is 72.0 Å². The Bertz CT molecular complexity index is 2120. The quantitative estimate of drug-likeness (QED) is 0.132. The molecule has 3 aromatic heterocycles. The fourth-order valence-corrected chi connectivity index (χ4v) is 5.66. The molecule has 0 unspecified atom stereocenters. The van der Waals surface area contributed by atoms with Crippen LogP contribution in [0, 0.1) is 5.82 Å². The van der Waals surface area contributed by atoms with Crippen LogP contribution in [0.5, 0.6) is 0 Å². The van der Waals surface area contributed by atoms with Crippen molar-refractivity contribution in [2.75, 3.05) is 12.0 Å². The van der Waals surface area contributed by atoms with Crippen LogP contribution in [0.2, 0.25) is 5.02 Å². The fraction of sp³-hybridized carbons (Fsp3) is 0.333. The highest BCUT2D eigenvalue weighted by Crippen LogP contribution is 2.44. The van der Waals surface area contributed by atoms with E-state index in [1.165, 1.54) is 31.5 Å². The van der Waals surface area contributed by atoms with Gasteiger partial charge in [-0.2, -0.15) is 4.90 Å². The number of halogens is 2. The summed E-state index contributed by atoms with van der Waals surface area (Å²) in [5.41, 5.74) is 0.927. The maximum atomic E-state index is 15.5. The van der Waals surface area contributed by atoms with Gasteiger partial charge in [-0.25, -0.2) is 28.7 Å². The van der Waals surface area contributed by atoms with Gasteiger partial charge in [-0.1, -0.05) is 11.6 Å². The fourth-order valence-electron chi connectivity index (χ4n) is 5.46. The first kappa shape index (κ1) is 33.8. The Morgan fingerprint density at radius 2 is 1.53 bits per heavy atom. The van der Waals surface area contributed by atoms with Crippen LogP contribution in [-0.2, 0) is 14.2 Å². The number of methoxy groups -OCH3 is 1. The molecule has 3 heterocycles. The summed E-state index contributed by atoms with van der Waals surface area (Å²) in [6.07, 6.45) is 2.76. The zero-order valence-electron chi connectivity index (χ0n) is 28.1. The standard InChI is InChI=1S/C36H35ClFN5O6/c1-35(2,3)48-33(45)43(34(46)49-36(4,5)6)27-18-20(12-14-39-27)21-16-22(32(44)47-7)29-26(17-21)42(31(41-29)19-8-9-19)25-13-15-40-30-23(37)10-11-24(38)28(25)30/h10-19H,8-9H2,1-7H3. The van der Waals surface area contributed by atoms with E-state index in [-0.39, 0.29) is 33.2 Å². The summed E-state index contributed by atoms with van der Waals surface area (Å²) in [6.45, 7) is 10.1. The average Bonchev–Trinajstić information content (AvgIpc) is 3.80. The van der Waals surface area contributed by atoms with Gasteiger partial charge in [0.2, 0.25) is 0 Å². The number of carbonyl (C=O) groups excluding carboxylic acids is 3. The molecule has 5 aromatic rings. The molecule has 6 rings (SSSR count). The molecule has 0 spiro atoms. The predicted molar refractivity (Wildman–Crippen MR) is 183 cm³/mol. The summed E-state index contributed by atoms with van der Waals surface area (Å²) in [5.74, 6) is -0.481. The lowest BCUT2D eigenvalue weighted by atomic mass is 10.0. The summed E-state index contributed by atoms with van der Waals surface area (Å²) in [4.78, 5) is 54.3. The van der Waals surface area contributed by atoms with Crippen molar-refractivity contribution in [3.05, 3.63) is 77.1 Å². The number of esters is 1. The first-order valence-electron chi connectivity index (χ1n) is 15.7. The van der Waals surface area contributed by atoms with E-state index in [0.717, 1.165) is 17.7 Å². The van der Waals surface area contributed by atoms with Crippen LogP contribution >= 0.6 is 11.6 Å². The second-order valence-corrected chi connectivity index (χ2v) is 14.2. The number of rotatable bonds is 5. The molecule has 13 heteroatoms. The number of fused-ring (bicyclic) bond motifs is 2. The molecule has 0 N–H and O–H groups in total. The average molecular weight is 688 g/mol. The van der Waals surface area contributed by atoms with Crippen molar-refractivity contribution in [1.82, 2.24) is 19.5 Å². The summed E-state index contributed by atoms with van der Waals surface area (Å²) >= 11 is 6.45. The van der Waals surface area contributed by atoms with Crippen molar-refractivity contribution < 1.29 is 33.0 Å². The van der Waals surface area contributed by atoms with E-state index in [1.807, 2.05) is 4.57 Å². The molecule has 2 aromatic carbocycles. The van der Waals surface area contributed by atoms with Gasteiger partial charge in [0.15, 0.2) is 0 Å². The Morgan fingerprint density at radius 3 is 2.14 bits per heavy atom. The van der Waals surface area contributed by atoms with E-state index < -0.39 is 35.2 Å². The van der Waals surface area contributed by atoms with Gasteiger partial charge in [-0.15, -0.1) is 0 Å². The molecular weight excluding hydrogens is 653 g/mol. The molecule has 1 aliphatic rings. The van der Waals surface area contributed by atoms with Crippen LogP contribution in [-0.4, -0.2) is 56.0 Å². The lowest BCUT2D eigenvalue weighted by molar-refractivity contribution is 0.0428. The number of benzene rings is 2. The van der Waals surface area contributed by atoms with Gasteiger partial charge in [0.05, 0.1) is 39.8 Å². The number of amides is 2. The van der Waals surface area contributed by atoms with E-state index in [0.29, 0.717) is 33.7 Å². The third-order valence-corrected chi connectivity index (χ3v) is 7.91. The van der Waals surface area contributed by atoms with Crippen molar-refractivity contribution in [3.8, 4) is 16.8 Å². The molecule has 1 aliphatic carbocycles. The van der Waals surface area contributed by atoms with Crippen LogP contribution in [0.15, 0.2) is 54.9 Å². The summed E-state index contributed by atoms with van der Waals surface area (Å²) in [5, 5.41) is 0.494. The van der Waals surface area contributed by atoms with Crippen LogP contribution in [0.3, 0.4) is 0 Å². The van der Waals surface area contributed by atoms with Crippen molar-refractivity contribution in [2.24, 2.45) is 0 Å². The summed E-state index contributed by atoms with van der Waals surface area (Å²) in [6, 6.07) is 11.0. The summed E-state index contributed by atoms with van der Waals surface area (Å²) in [7, 11) is 1.28. The van der Waals surface area contributed by atoms with Crippen molar-refractivity contribution in [1.29, 1.82) is 0 Å². The van der Waals surface area contributed by atoms with Crippen molar-refractivity contribution in [2.45, 2.75) is 71.5 Å². The van der Waals surface area contributed by atoms with Gasteiger partial charge in [-0.05, 0) is 108 Å². The molecule has 0 bridgehead atoms. The minimum atomic E-state index is -0.977. The number of carbonyl (C=O) groups is 3. The summed E-state index contributed by atoms with van der Waals surface area (Å²) < 4.78 is 33.6. The molecule has 2 amide bonds. The molecule has 0 saturated heterocycles. The largest absolute Gasteiger partial charge is 0.465 e.